The number of carbonyl (C=O) groups is 1. The smallest absolute Gasteiger partial charge is 0.272 e. The van der Waals surface area contributed by atoms with Crippen molar-refractivity contribution in [2.45, 2.75) is 46.1 Å². The standard InChI is InChI=1S/C14H21ClN2O/c1-4-5-6-10-17(11(2)3)14(18)12-8-7-9-13(15)16-12/h7-9,11H,4-6,10H2,1-3H3. The van der Waals surface area contributed by atoms with E-state index in [0.29, 0.717) is 10.8 Å². The second kappa shape index (κ2) is 7.37. The van der Waals surface area contributed by atoms with Crippen LogP contribution >= 0.6 is 11.6 Å². The fraction of sp³-hybridized carbons (Fsp3) is 0.571. The first kappa shape index (κ1) is 15.0. The molecule has 0 aromatic carbocycles. The quantitative estimate of drug-likeness (QED) is 0.581. The number of rotatable bonds is 6. The number of hydrogen-bond donors (Lipinski definition) is 0. The van der Waals surface area contributed by atoms with Crippen LogP contribution in [0.1, 0.15) is 50.5 Å². The minimum atomic E-state index is -0.0383. The molecule has 1 rings (SSSR count). The van der Waals surface area contributed by atoms with E-state index in [1.165, 1.54) is 0 Å². The molecule has 18 heavy (non-hydrogen) atoms. The lowest BCUT2D eigenvalue weighted by Gasteiger charge is -2.26. The molecule has 1 amide bonds. The number of carbonyl (C=O) groups excluding carboxylic acids is 1. The molecule has 0 spiro atoms. The fourth-order valence-electron chi connectivity index (χ4n) is 1.80. The number of nitrogens with zero attached hydrogens (tertiary/aromatic N) is 2. The zero-order valence-corrected chi connectivity index (χ0v) is 12.1. The Hall–Kier alpha value is -1.09. The summed E-state index contributed by atoms with van der Waals surface area (Å²) < 4.78 is 0. The molecule has 0 saturated carbocycles. The van der Waals surface area contributed by atoms with E-state index in [-0.39, 0.29) is 11.9 Å². The van der Waals surface area contributed by atoms with E-state index < -0.39 is 0 Å². The van der Waals surface area contributed by atoms with E-state index in [1.54, 1.807) is 18.2 Å². The Bertz CT molecular complexity index is 393. The monoisotopic (exact) mass is 268 g/mol. The molecule has 0 saturated heterocycles. The van der Waals surface area contributed by atoms with Gasteiger partial charge < -0.3 is 4.90 Å². The molecule has 1 aromatic heterocycles. The summed E-state index contributed by atoms with van der Waals surface area (Å²) in [6.45, 7) is 6.97. The van der Waals surface area contributed by atoms with Crippen molar-refractivity contribution in [2.75, 3.05) is 6.54 Å². The predicted molar refractivity (Wildman–Crippen MR) is 74.9 cm³/mol. The Balaban J connectivity index is 2.76. The van der Waals surface area contributed by atoms with Gasteiger partial charge in [0.25, 0.3) is 5.91 Å². The molecule has 100 valence electrons. The maximum atomic E-state index is 12.3. The lowest BCUT2D eigenvalue weighted by atomic mass is 10.2. The van der Waals surface area contributed by atoms with Crippen LogP contribution in [0.2, 0.25) is 5.15 Å². The normalized spacial score (nSPS) is 10.7. The summed E-state index contributed by atoms with van der Waals surface area (Å²) in [5.74, 6) is -0.0383. The van der Waals surface area contributed by atoms with E-state index in [9.17, 15) is 4.79 Å². The summed E-state index contributed by atoms with van der Waals surface area (Å²) >= 11 is 5.82. The third-order valence-corrected chi connectivity index (χ3v) is 3.03. The van der Waals surface area contributed by atoms with Crippen molar-refractivity contribution in [3.05, 3.63) is 29.0 Å². The van der Waals surface area contributed by atoms with Gasteiger partial charge in [-0.25, -0.2) is 4.98 Å². The van der Waals surface area contributed by atoms with Gasteiger partial charge in [-0.3, -0.25) is 4.79 Å². The summed E-state index contributed by atoms with van der Waals surface area (Å²) in [4.78, 5) is 18.3. The minimum Gasteiger partial charge on any atom is -0.335 e. The van der Waals surface area contributed by atoms with Gasteiger partial charge >= 0.3 is 0 Å². The van der Waals surface area contributed by atoms with Crippen LogP contribution in [0, 0.1) is 0 Å². The van der Waals surface area contributed by atoms with Gasteiger partial charge in [0.1, 0.15) is 10.8 Å². The van der Waals surface area contributed by atoms with E-state index in [1.807, 2.05) is 18.7 Å². The van der Waals surface area contributed by atoms with Crippen molar-refractivity contribution in [1.29, 1.82) is 0 Å². The number of aromatic nitrogens is 1. The average Bonchev–Trinajstić information content (AvgIpc) is 2.33. The number of amides is 1. The third-order valence-electron chi connectivity index (χ3n) is 2.82. The van der Waals surface area contributed by atoms with Crippen LogP contribution in [0.3, 0.4) is 0 Å². The Kier molecular flexibility index (Phi) is 6.13. The predicted octanol–water partition coefficient (Wildman–Crippen LogP) is 3.78. The molecule has 3 nitrogen and oxygen atoms in total. The highest BCUT2D eigenvalue weighted by molar-refractivity contribution is 6.29. The Morgan fingerprint density at radius 3 is 2.67 bits per heavy atom. The van der Waals surface area contributed by atoms with E-state index >= 15 is 0 Å². The molecule has 0 unspecified atom stereocenters. The molecule has 0 aliphatic rings. The summed E-state index contributed by atoms with van der Waals surface area (Å²) in [7, 11) is 0. The molecule has 0 bridgehead atoms. The highest BCUT2D eigenvalue weighted by atomic mass is 35.5. The largest absolute Gasteiger partial charge is 0.335 e. The number of halogens is 1. The second-order valence-electron chi connectivity index (χ2n) is 4.64. The molecule has 0 N–H and O–H groups in total. The zero-order chi connectivity index (χ0) is 13.5. The molecule has 1 heterocycles. The Morgan fingerprint density at radius 2 is 2.11 bits per heavy atom. The van der Waals surface area contributed by atoms with Crippen molar-refractivity contribution >= 4 is 17.5 Å². The van der Waals surface area contributed by atoms with Crippen molar-refractivity contribution in [2.24, 2.45) is 0 Å². The van der Waals surface area contributed by atoms with Gasteiger partial charge in [0.15, 0.2) is 0 Å². The highest BCUT2D eigenvalue weighted by Gasteiger charge is 2.19. The SMILES string of the molecule is CCCCCN(C(=O)c1cccc(Cl)n1)C(C)C. The molecule has 0 aliphatic heterocycles. The zero-order valence-electron chi connectivity index (χ0n) is 11.3. The molecule has 0 radical (unpaired) electrons. The minimum absolute atomic E-state index is 0.0383. The summed E-state index contributed by atoms with van der Waals surface area (Å²) in [5.41, 5.74) is 0.424. The first-order valence-corrected chi connectivity index (χ1v) is 6.87. The van der Waals surface area contributed by atoms with Gasteiger partial charge in [0, 0.05) is 12.6 Å². The van der Waals surface area contributed by atoms with Crippen molar-refractivity contribution in [3.63, 3.8) is 0 Å². The Labute approximate surface area is 114 Å². The van der Waals surface area contributed by atoms with Crippen molar-refractivity contribution in [1.82, 2.24) is 9.88 Å². The van der Waals surface area contributed by atoms with Gasteiger partial charge in [-0.15, -0.1) is 0 Å². The summed E-state index contributed by atoms with van der Waals surface area (Å²) in [6.07, 6.45) is 3.32. The molecule has 0 aliphatic carbocycles. The summed E-state index contributed by atoms with van der Waals surface area (Å²) in [5, 5.41) is 0.359. The maximum absolute atomic E-state index is 12.3. The topological polar surface area (TPSA) is 33.2 Å². The molecule has 4 heteroatoms. The first-order valence-electron chi connectivity index (χ1n) is 6.49. The van der Waals surface area contributed by atoms with Crippen LogP contribution in [-0.2, 0) is 0 Å². The molecular formula is C14H21ClN2O. The highest BCUT2D eigenvalue weighted by Crippen LogP contribution is 2.11. The van der Waals surface area contributed by atoms with E-state index in [4.69, 9.17) is 11.6 Å². The molecule has 1 aromatic rings. The number of pyridine rings is 1. The summed E-state index contributed by atoms with van der Waals surface area (Å²) in [6, 6.07) is 5.32. The lowest BCUT2D eigenvalue weighted by molar-refractivity contribution is 0.0696. The molecule has 0 atom stereocenters. The number of hydrogen-bond acceptors (Lipinski definition) is 2. The average molecular weight is 269 g/mol. The van der Waals surface area contributed by atoms with Crippen molar-refractivity contribution < 1.29 is 4.79 Å². The molecule has 0 fully saturated rings. The maximum Gasteiger partial charge on any atom is 0.272 e. The Morgan fingerprint density at radius 1 is 1.39 bits per heavy atom. The van der Waals surface area contributed by atoms with Gasteiger partial charge in [-0.2, -0.15) is 0 Å². The fourth-order valence-corrected chi connectivity index (χ4v) is 1.96. The van der Waals surface area contributed by atoms with Crippen LogP contribution in [0.15, 0.2) is 18.2 Å². The third kappa shape index (κ3) is 4.30. The van der Waals surface area contributed by atoms with Crippen LogP contribution in [0.25, 0.3) is 0 Å². The number of unbranched alkanes of at least 4 members (excludes halogenated alkanes) is 2. The van der Waals surface area contributed by atoms with Crippen LogP contribution in [0.4, 0.5) is 0 Å². The van der Waals surface area contributed by atoms with Crippen molar-refractivity contribution in [3.8, 4) is 0 Å². The van der Waals surface area contributed by atoms with Gasteiger partial charge in [-0.1, -0.05) is 37.4 Å². The second-order valence-corrected chi connectivity index (χ2v) is 5.03. The molecular weight excluding hydrogens is 248 g/mol. The van der Waals surface area contributed by atoms with Gasteiger partial charge in [-0.05, 0) is 32.4 Å². The van der Waals surface area contributed by atoms with Crippen LogP contribution in [0.5, 0.6) is 0 Å². The van der Waals surface area contributed by atoms with Gasteiger partial charge in [0.05, 0.1) is 0 Å². The van der Waals surface area contributed by atoms with Crippen LogP contribution in [-0.4, -0.2) is 28.4 Å². The van der Waals surface area contributed by atoms with Gasteiger partial charge in [0.2, 0.25) is 0 Å². The van der Waals surface area contributed by atoms with E-state index in [0.717, 1.165) is 25.8 Å². The van der Waals surface area contributed by atoms with E-state index in [2.05, 4.69) is 11.9 Å². The first-order chi connectivity index (χ1) is 8.56. The lowest BCUT2D eigenvalue weighted by Crippen LogP contribution is -2.38. The van der Waals surface area contributed by atoms with Crippen LogP contribution < -0.4 is 0 Å².